The molecule has 0 aliphatic carbocycles. The number of rotatable bonds is 6. The molecule has 4 nitrogen and oxygen atoms in total. The van der Waals surface area contributed by atoms with E-state index in [1.165, 1.54) is 5.56 Å². The van der Waals surface area contributed by atoms with Crippen molar-refractivity contribution in [2.75, 3.05) is 32.7 Å². The van der Waals surface area contributed by atoms with Gasteiger partial charge in [-0.15, -0.1) is 0 Å². The Morgan fingerprint density at radius 2 is 2.05 bits per heavy atom. The average molecular weight is 309 g/mol. The average Bonchev–Trinajstić information content (AvgIpc) is 2.97. The number of carbonyl (C=O) groups excluding carboxylic acids is 1. The molecule has 1 aliphatic heterocycles. The maximum absolute atomic E-state index is 12.5. The molecule has 1 fully saturated rings. The van der Waals surface area contributed by atoms with Crippen LogP contribution in [0.3, 0.4) is 0 Å². The summed E-state index contributed by atoms with van der Waals surface area (Å²) >= 11 is 1.74. The van der Waals surface area contributed by atoms with Crippen molar-refractivity contribution < 1.29 is 4.79 Å². The van der Waals surface area contributed by atoms with Crippen molar-refractivity contribution >= 4 is 17.2 Å². The van der Waals surface area contributed by atoms with Crippen LogP contribution >= 0.6 is 11.3 Å². The van der Waals surface area contributed by atoms with Crippen molar-refractivity contribution in [2.24, 2.45) is 17.6 Å². The molecule has 1 unspecified atom stereocenters. The minimum atomic E-state index is -0.00609. The summed E-state index contributed by atoms with van der Waals surface area (Å²) in [6.45, 7) is 9.34. The lowest BCUT2D eigenvalue weighted by molar-refractivity contribution is -0.137. The second-order valence-electron chi connectivity index (χ2n) is 6.30. The van der Waals surface area contributed by atoms with E-state index >= 15 is 0 Å². The lowest BCUT2D eigenvalue weighted by atomic mass is 9.95. The van der Waals surface area contributed by atoms with Crippen molar-refractivity contribution in [1.29, 1.82) is 0 Å². The van der Waals surface area contributed by atoms with Gasteiger partial charge in [0.25, 0.3) is 0 Å². The van der Waals surface area contributed by atoms with E-state index in [9.17, 15) is 4.79 Å². The third-order valence-electron chi connectivity index (χ3n) is 4.06. The molecule has 1 saturated heterocycles. The predicted octanol–water partition coefficient (Wildman–Crippen LogP) is 2.01. The van der Waals surface area contributed by atoms with E-state index in [1.54, 1.807) is 11.3 Å². The van der Waals surface area contributed by atoms with Crippen molar-refractivity contribution in [3.05, 3.63) is 22.4 Å². The van der Waals surface area contributed by atoms with Crippen LogP contribution in [-0.2, 0) is 11.3 Å². The Balaban J connectivity index is 1.81. The summed E-state index contributed by atoms with van der Waals surface area (Å²) in [5.41, 5.74) is 7.16. The number of hydrogen-bond acceptors (Lipinski definition) is 4. The van der Waals surface area contributed by atoms with Gasteiger partial charge < -0.3 is 10.6 Å². The molecule has 1 aromatic heterocycles. The van der Waals surface area contributed by atoms with Crippen molar-refractivity contribution in [3.63, 3.8) is 0 Å². The van der Waals surface area contributed by atoms with E-state index < -0.39 is 0 Å². The number of amides is 1. The van der Waals surface area contributed by atoms with E-state index in [4.69, 9.17) is 5.73 Å². The molecule has 0 spiro atoms. The molecule has 2 heterocycles. The van der Waals surface area contributed by atoms with Crippen LogP contribution in [0.5, 0.6) is 0 Å². The van der Waals surface area contributed by atoms with Crippen LogP contribution in [0.1, 0.15) is 25.8 Å². The highest BCUT2D eigenvalue weighted by atomic mass is 32.1. The van der Waals surface area contributed by atoms with Crippen molar-refractivity contribution in [1.82, 2.24) is 9.80 Å². The van der Waals surface area contributed by atoms with Crippen LogP contribution in [0.15, 0.2) is 16.8 Å². The molecule has 0 bridgehead atoms. The van der Waals surface area contributed by atoms with Crippen LogP contribution < -0.4 is 5.73 Å². The van der Waals surface area contributed by atoms with Crippen LogP contribution in [0.25, 0.3) is 0 Å². The summed E-state index contributed by atoms with van der Waals surface area (Å²) in [4.78, 5) is 16.9. The van der Waals surface area contributed by atoms with E-state index in [0.29, 0.717) is 12.5 Å². The minimum absolute atomic E-state index is 0.00609. The van der Waals surface area contributed by atoms with E-state index in [1.807, 2.05) is 4.90 Å². The normalized spacial score (nSPS) is 18.2. The molecule has 0 aromatic carbocycles. The largest absolute Gasteiger partial charge is 0.340 e. The van der Waals surface area contributed by atoms with Gasteiger partial charge in [0.05, 0.1) is 5.92 Å². The Morgan fingerprint density at radius 3 is 2.57 bits per heavy atom. The van der Waals surface area contributed by atoms with Gasteiger partial charge in [0, 0.05) is 39.3 Å². The summed E-state index contributed by atoms with van der Waals surface area (Å²) in [6, 6.07) is 2.18. The third-order valence-corrected chi connectivity index (χ3v) is 4.79. The van der Waals surface area contributed by atoms with E-state index in [0.717, 1.165) is 39.1 Å². The van der Waals surface area contributed by atoms with E-state index in [2.05, 4.69) is 35.6 Å². The number of nitrogens with zero attached hydrogens (tertiary/aromatic N) is 2. The Morgan fingerprint density at radius 1 is 1.33 bits per heavy atom. The first kappa shape index (κ1) is 16.5. The van der Waals surface area contributed by atoms with Gasteiger partial charge in [-0.1, -0.05) is 13.8 Å². The van der Waals surface area contributed by atoms with E-state index in [-0.39, 0.29) is 11.8 Å². The maximum atomic E-state index is 12.5. The third kappa shape index (κ3) is 4.80. The summed E-state index contributed by atoms with van der Waals surface area (Å²) in [7, 11) is 0. The first-order valence-electron chi connectivity index (χ1n) is 7.82. The Bertz CT molecular complexity index is 425. The van der Waals surface area contributed by atoms with Gasteiger partial charge in [-0.05, 0) is 34.7 Å². The summed E-state index contributed by atoms with van der Waals surface area (Å²) in [6.07, 6.45) is 0.893. The van der Waals surface area contributed by atoms with Crippen molar-refractivity contribution in [2.45, 2.75) is 26.8 Å². The molecule has 21 heavy (non-hydrogen) atoms. The van der Waals surface area contributed by atoms with Gasteiger partial charge in [-0.25, -0.2) is 0 Å². The number of thiophene rings is 1. The molecule has 5 heteroatoms. The van der Waals surface area contributed by atoms with Gasteiger partial charge in [-0.2, -0.15) is 11.3 Å². The number of carbonyl (C=O) groups is 1. The molecule has 1 aromatic rings. The Labute approximate surface area is 131 Å². The highest BCUT2D eigenvalue weighted by Gasteiger charge is 2.27. The topological polar surface area (TPSA) is 49.6 Å². The first-order chi connectivity index (χ1) is 10.1. The SMILES string of the molecule is CC(C)CC(CN)C(=O)N1CCN(Cc2ccsc2)CC1. The molecule has 0 saturated carbocycles. The molecule has 1 aliphatic rings. The Kier molecular flexibility index (Phi) is 6.21. The zero-order valence-electron chi connectivity index (χ0n) is 13.1. The fourth-order valence-corrected chi connectivity index (χ4v) is 3.55. The number of piperazine rings is 1. The van der Waals surface area contributed by atoms with Gasteiger partial charge in [-0.3, -0.25) is 9.69 Å². The second kappa shape index (κ2) is 7.92. The fourth-order valence-electron chi connectivity index (χ4n) is 2.89. The monoisotopic (exact) mass is 309 g/mol. The second-order valence-corrected chi connectivity index (χ2v) is 7.08. The molecular formula is C16H27N3OS. The van der Waals surface area contributed by atoms with Crippen LogP contribution in [-0.4, -0.2) is 48.4 Å². The minimum Gasteiger partial charge on any atom is -0.340 e. The van der Waals surface area contributed by atoms with Crippen molar-refractivity contribution in [3.8, 4) is 0 Å². The standard InChI is InChI=1S/C16H27N3OS/c1-13(2)9-15(10-17)16(20)19-6-4-18(5-7-19)11-14-3-8-21-12-14/h3,8,12-13,15H,4-7,9-11,17H2,1-2H3. The maximum Gasteiger partial charge on any atom is 0.227 e. The fraction of sp³-hybridized carbons (Fsp3) is 0.688. The van der Waals surface area contributed by atoms with Gasteiger partial charge >= 0.3 is 0 Å². The van der Waals surface area contributed by atoms with Crippen LogP contribution in [0.4, 0.5) is 0 Å². The lowest BCUT2D eigenvalue weighted by Gasteiger charge is -2.36. The zero-order valence-corrected chi connectivity index (χ0v) is 13.9. The van der Waals surface area contributed by atoms with Gasteiger partial charge in [0.1, 0.15) is 0 Å². The summed E-state index contributed by atoms with van der Waals surface area (Å²) in [5, 5.41) is 4.32. The molecule has 2 rings (SSSR count). The number of hydrogen-bond donors (Lipinski definition) is 1. The Hall–Kier alpha value is -0.910. The number of nitrogens with two attached hydrogens (primary N) is 1. The quantitative estimate of drug-likeness (QED) is 0.874. The van der Waals surface area contributed by atoms with Crippen LogP contribution in [0, 0.1) is 11.8 Å². The molecule has 118 valence electrons. The molecule has 1 atom stereocenters. The smallest absolute Gasteiger partial charge is 0.227 e. The predicted molar refractivity (Wildman–Crippen MR) is 88.2 cm³/mol. The zero-order chi connectivity index (χ0) is 15.2. The molecule has 1 amide bonds. The highest BCUT2D eigenvalue weighted by Crippen LogP contribution is 2.16. The molecule has 0 radical (unpaired) electrons. The van der Waals surface area contributed by atoms with Crippen LogP contribution in [0.2, 0.25) is 0 Å². The molecular weight excluding hydrogens is 282 g/mol. The highest BCUT2D eigenvalue weighted by molar-refractivity contribution is 7.07. The summed E-state index contributed by atoms with van der Waals surface area (Å²) < 4.78 is 0. The first-order valence-corrected chi connectivity index (χ1v) is 8.76. The van der Waals surface area contributed by atoms with Gasteiger partial charge in [0.15, 0.2) is 0 Å². The lowest BCUT2D eigenvalue weighted by Crippen LogP contribution is -2.51. The summed E-state index contributed by atoms with van der Waals surface area (Å²) in [5.74, 6) is 0.761. The van der Waals surface area contributed by atoms with Gasteiger partial charge in [0.2, 0.25) is 5.91 Å². The molecule has 2 N–H and O–H groups in total.